The van der Waals surface area contributed by atoms with Gasteiger partial charge in [0.25, 0.3) is 5.91 Å². The summed E-state index contributed by atoms with van der Waals surface area (Å²) in [6, 6.07) is 13.8. The van der Waals surface area contributed by atoms with Gasteiger partial charge in [-0.05, 0) is 55.7 Å². The molecule has 2 bridgehead atoms. The molecular formula is C21H21ClN4O2. The molecule has 2 unspecified atom stereocenters. The van der Waals surface area contributed by atoms with E-state index in [9.17, 15) is 4.79 Å². The van der Waals surface area contributed by atoms with Gasteiger partial charge in [-0.3, -0.25) is 4.79 Å². The largest absolute Gasteiger partial charge is 0.463 e. The van der Waals surface area contributed by atoms with E-state index in [0.29, 0.717) is 28.6 Å². The van der Waals surface area contributed by atoms with Crippen LogP contribution in [0, 0.1) is 0 Å². The number of rotatable bonds is 3. The number of halogens is 1. The summed E-state index contributed by atoms with van der Waals surface area (Å²) in [5, 5.41) is 8.90. The summed E-state index contributed by atoms with van der Waals surface area (Å²) in [6.45, 7) is 1.50. The van der Waals surface area contributed by atoms with Crippen LogP contribution in [0.2, 0.25) is 5.02 Å². The summed E-state index contributed by atoms with van der Waals surface area (Å²) in [5.74, 6) is 0.632. The maximum atomic E-state index is 13.2. The molecule has 1 aromatic carbocycles. The van der Waals surface area contributed by atoms with Crippen molar-refractivity contribution in [3.63, 3.8) is 0 Å². The van der Waals surface area contributed by atoms with Gasteiger partial charge < -0.3 is 14.6 Å². The lowest BCUT2D eigenvalue weighted by atomic mass is 10.1. The molecule has 1 N–H and O–H groups in total. The van der Waals surface area contributed by atoms with Gasteiger partial charge in [0.1, 0.15) is 5.69 Å². The van der Waals surface area contributed by atoms with Crippen LogP contribution in [0.5, 0.6) is 0 Å². The number of carbonyl (C=O) groups is 1. The second-order valence-electron chi connectivity index (χ2n) is 7.46. The molecule has 0 radical (unpaired) electrons. The zero-order valence-electron chi connectivity index (χ0n) is 15.3. The molecule has 2 fully saturated rings. The second kappa shape index (κ2) is 7.11. The van der Waals surface area contributed by atoms with Gasteiger partial charge in [-0.25, -0.2) is 4.68 Å². The maximum Gasteiger partial charge on any atom is 0.274 e. The highest BCUT2D eigenvalue weighted by Crippen LogP contribution is 2.27. The van der Waals surface area contributed by atoms with Gasteiger partial charge in [-0.1, -0.05) is 11.6 Å². The molecular weight excluding hydrogens is 376 g/mol. The predicted molar refractivity (Wildman–Crippen MR) is 107 cm³/mol. The Morgan fingerprint density at radius 2 is 1.96 bits per heavy atom. The van der Waals surface area contributed by atoms with Gasteiger partial charge in [0, 0.05) is 36.3 Å². The summed E-state index contributed by atoms with van der Waals surface area (Å²) in [6.07, 6.45) is 4.95. The van der Waals surface area contributed by atoms with Crippen LogP contribution in [0.4, 0.5) is 0 Å². The molecule has 5 rings (SSSR count). The number of likely N-dealkylation sites (tertiary alicyclic amines) is 1. The first-order valence-corrected chi connectivity index (χ1v) is 10.0. The summed E-state index contributed by atoms with van der Waals surface area (Å²) < 4.78 is 7.32. The average Bonchev–Trinajstić information content (AvgIpc) is 3.41. The van der Waals surface area contributed by atoms with Crippen LogP contribution >= 0.6 is 11.6 Å². The predicted octanol–water partition coefficient (Wildman–Crippen LogP) is 3.75. The molecule has 0 spiro atoms. The number of furan rings is 1. The van der Waals surface area contributed by atoms with Crippen LogP contribution in [0.1, 0.15) is 29.8 Å². The molecule has 6 nitrogen and oxygen atoms in total. The van der Waals surface area contributed by atoms with Crippen molar-refractivity contribution in [3.05, 3.63) is 59.4 Å². The Kier molecular flexibility index (Phi) is 4.45. The summed E-state index contributed by atoms with van der Waals surface area (Å²) >= 11 is 6.03. The van der Waals surface area contributed by atoms with Gasteiger partial charge in [-0.2, -0.15) is 5.10 Å². The number of hydrogen-bond donors (Lipinski definition) is 1. The lowest BCUT2D eigenvalue weighted by Crippen LogP contribution is -2.39. The number of nitrogens with one attached hydrogen (secondary N) is 1. The van der Waals surface area contributed by atoms with E-state index >= 15 is 0 Å². The van der Waals surface area contributed by atoms with Crippen LogP contribution in [0.3, 0.4) is 0 Å². The van der Waals surface area contributed by atoms with E-state index in [4.69, 9.17) is 16.0 Å². The van der Waals surface area contributed by atoms with Crippen molar-refractivity contribution in [2.75, 3.05) is 13.1 Å². The fraction of sp³-hybridized carbons (Fsp3) is 0.333. The van der Waals surface area contributed by atoms with Crippen molar-refractivity contribution in [3.8, 4) is 17.1 Å². The van der Waals surface area contributed by atoms with Gasteiger partial charge >= 0.3 is 0 Å². The van der Waals surface area contributed by atoms with Crippen LogP contribution in [-0.2, 0) is 0 Å². The van der Waals surface area contributed by atoms with Crippen molar-refractivity contribution in [1.82, 2.24) is 20.0 Å². The lowest BCUT2D eigenvalue weighted by Gasteiger charge is -2.23. The van der Waals surface area contributed by atoms with Crippen molar-refractivity contribution >= 4 is 17.5 Å². The molecule has 7 heteroatoms. The highest BCUT2D eigenvalue weighted by Gasteiger charge is 2.32. The van der Waals surface area contributed by atoms with E-state index in [2.05, 4.69) is 10.4 Å². The molecule has 28 heavy (non-hydrogen) atoms. The number of carbonyl (C=O) groups excluding carboxylic acids is 1. The fourth-order valence-corrected chi connectivity index (χ4v) is 4.28. The van der Waals surface area contributed by atoms with Crippen LogP contribution < -0.4 is 5.32 Å². The fourth-order valence-electron chi connectivity index (χ4n) is 4.15. The van der Waals surface area contributed by atoms with Crippen molar-refractivity contribution < 1.29 is 9.21 Å². The highest BCUT2D eigenvalue weighted by atomic mass is 35.5. The van der Waals surface area contributed by atoms with Crippen molar-refractivity contribution in [2.24, 2.45) is 0 Å². The maximum absolute atomic E-state index is 13.2. The Labute approximate surface area is 168 Å². The van der Waals surface area contributed by atoms with E-state index in [0.717, 1.165) is 37.3 Å². The molecule has 0 saturated carbocycles. The molecule has 144 valence electrons. The first-order valence-electron chi connectivity index (χ1n) is 9.62. The van der Waals surface area contributed by atoms with Gasteiger partial charge in [-0.15, -0.1) is 0 Å². The van der Waals surface area contributed by atoms with Crippen molar-refractivity contribution in [1.29, 1.82) is 0 Å². The average molecular weight is 397 g/mol. The van der Waals surface area contributed by atoms with Crippen molar-refractivity contribution in [2.45, 2.75) is 31.3 Å². The summed E-state index contributed by atoms with van der Waals surface area (Å²) in [7, 11) is 0. The summed E-state index contributed by atoms with van der Waals surface area (Å²) in [5.41, 5.74) is 2.00. The molecule has 1 amide bonds. The minimum Gasteiger partial charge on any atom is -0.463 e. The smallest absolute Gasteiger partial charge is 0.274 e. The normalized spacial score (nSPS) is 21.7. The number of nitrogens with zero attached hydrogens (tertiary/aromatic N) is 3. The highest BCUT2D eigenvalue weighted by molar-refractivity contribution is 6.30. The van der Waals surface area contributed by atoms with Crippen LogP contribution in [0.25, 0.3) is 17.1 Å². The SMILES string of the molecule is O=C(c1cc(-c2ccco2)n(-c2ccc(Cl)cc2)n1)N1CCC2CCC(C1)N2. The van der Waals surface area contributed by atoms with Crippen LogP contribution in [-0.4, -0.2) is 45.8 Å². The van der Waals surface area contributed by atoms with Gasteiger partial charge in [0.2, 0.25) is 0 Å². The first-order chi connectivity index (χ1) is 13.7. The summed E-state index contributed by atoms with van der Waals surface area (Å²) in [4.78, 5) is 15.1. The Hall–Kier alpha value is -2.57. The molecule has 2 saturated heterocycles. The number of amides is 1. The standard InChI is InChI=1S/C21H21ClN4O2/c22-14-3-7-17(8-4-14)26-19(20-2-1-11-28-20)12-18(24-26)21(27)25-10-9-15-5-6-16(13-25)23-15/h1-4,7-8,11-12,15-16,23H,5-6,9-10,13H2. The lowest BCUT2D eigenvalue weighted by molar-refractivity contribution is 0.0741. The Balaban J connectivity index is 1.50. The third-order valence-electron chi connectivity index (χ3n) is 5.58. The molecule has 4 heterocycles. The minimum absolute atomic E-state index is 0.0325. The Morgan fingerprint density at radius 3 is 2.75 bits per heavy atom. The third-order valence-corrected chi connectivity index (χ3v) is 5.84. The number of aromatic nitrogens is 2. The van der Waals surface area contributed by atoms with Gasteiger partial charge in [0.05, 0.1) is 12.0 Å². The molecule has 2 aliphatic heterocycles. The van der Waals surface area contributed by atoms with E-state index in [1.807, 2.05) is 47.4 Å². The zero-order chi connectivity index (χ0) is 19.1. The van der Waals surface area contributed by atoms with Gasteiger partial charge in [0.15, 0.2) is 11.5 Å². The number of fused-ring (bicyclic) bond motifs is 2. The molecule has 0 aliphatic carbocycles. The van der Waals surface area contributed by atoms with E-state index in [1.54, 1.807) is 10.9 Å². The minimum atomic E-state index is -0.0325. The monoisotopic (exact) mass is 396 g/mol. The molecule has 2 aliphatic rings. The third kappa shape index (κ3) is 3.23. The van der Waals surface area contributed by atoms with E-state index < -0.39 is 0 Å². The van der Waals surface area contributed by atoms with E-state index in [-0.39, 0.29) is 5.91 Å². The topological polar surface area (TPSA) is 63.3 Å². The van der Waals surface area contributed by atoms with Crippen LogP contribution in [0.15, 0.2) is 53.1 Å². The Bertz CT molecular complexity index is 981. The molecule has 3 aromatic rings. The van der Waals surface area contributed by atoms with E-state index in [1.165, 1.54) is 6.42 Å². The first kappa shape index (κ1) is 17.5. The second-order valence-corrected chi connectivity index (χ2v) is 7.89. The Morgan fingerprint density at radius 1 is 1.14 bits per heavy atom. The number of benzene rings is 1. The molecule has 2 aromatic heterocycles. The molecule has 2 atom stereocenters. The zero-order valence-corrected chi connectivity index (χ0v) is 16.1. The quantitative estimate of drug-likeness (QED) is 0.732. The number of hydrogen-bond acceptors (Lipinski definition) is 4.